The number of benzene rings is 2. The van der Waals surface area contributed by atoms with Crippen LogP contribution in [0.2, 0.25) is 10.0 Å². The minimum atomic E-state index is -0.194. The summed E-state index contributed by atoms with van der Waals surface area (Å²) < 4.78 is 7.11. The standard InChI is InChI=1S/C17H15Cl2NO2/c1-2-22-17(21)7-8-20-15-5-3-11(18)9-13(15)14-10-12(19)4-6-16(14)20/h3-6,9-10H,2,7-8H2,1H3. The second kappa shape index (κ2) is 6.19. The van der Waals surface area contributed by atoms with Crippen molar-refractivity contribution in [2.75, 3.05) is 6.61 Å². The highest BCUT2D eigenvalue weighted by atomic mass is 35.5. The predicted molar refractivity (Wildman–Crippen MR) is 90.7 cm³/mol. The van der Waals surface area contributed by atoms with Crippen LogP contribution in [0.5, 0.6) is 0 Å². The topological polar surface area (TPSA) is 31.2 Å². The monoisotopic (exact) mass is 335 g/mol. The average molecular weight is 336 g/mol. The fourth-order valence-corrected chi connectivity index (χ4v) is 3.07. The Morgan fingerprint density at radius 3 is 2.09 bits per heavy atom. The van der Waals surface area contributed by atoms with Gasteiger partial charge in [-0.05, 0) is 43.3 Å². The smallest absolute Gasteiger partial charge is 0.307 e. The van der Waals surface area contributed by atoms with Crippen LogP contribution in [0.1, 0.15) is 13.3 Å². The van der Waals surface area contributed by atoms with E-state index in [4.69, 9.17) is 27.9 Å². The molecule has 0 fully saturated rings. The maximum Gasteiger partial charge on any atom is 0.307 e. The van der Waals surface area contributed by atoms with Gasteiger partial charge in [-0.15, -0.1) is 0 Å². The zero-order valence-electron chi connectivity index (χ0n) is 12.1. The molecule has 114 valence electrons. The van der Waals surface area contributed by atoms with Crippen molar-refractivity contribution in [3.8, 4) is 0 Å². The quantitative estimate of drug-likeness (QED) is 0.624. The molecule has 0 saturated heterocycles. The number of halogens is 2. The molecule has 3 nitrogen and oxygen atoms in total. The van der Waals surface area contributed by atoms with Gasteiger partial charge in [0.1, 0.15) is 0 Å². The summed E-state index contributed by atoms with van der Waals surface area (Å²) in [7, 11) is 0. The molecule has 0 amide bonds. The van der Waals surface area contributed by atoms with Crippen molar-refractivity contribution in [3.05, 3.63) is 46.4 Å². The highest BCUT2D eigenvalue weighted by Crippen LogP contribution is 2.32. The molecule has 1 heterocycles. The molecule has 0 aliphatic carbocycles. The molecule has 0 atom stereocenters. The highest BCUT2D eigenvalue weighted by molar-refractivity contribution is 6.33. The lowest BCUT2D eigenvalue weighted by molar-refractivity contribution is -0.143. The van der Waals surface area contributed by atoms with E-state index in [0.717, 1.165) is 21.8 Å². The lowest BCUT2D eigenvalue weighted by atomic mass is 10.1. The first kappa shape index (κ1) is 15.2. The second-order valence-corrected chi connectivity index (χ2v) is 5.90. The van der Waals surface area contributed by atoms with Crippen LogP contribution in [0.4, 0.5) is 0 Å². The van der Waals surface area contributed by atoms with E-state index in [0.29, 0.717) is 29.6 Å². The lowest BCUT2D eigenvalue weighted by Gasteiger charge is -2.07. The molecule has 0 bridgehead atoms. The third kappa shape index (κ3) is 2.79. The van der Waals surface area contributed by atoms with Crippen LogP contribution >= 0.6 is 23.2 Å². The molecule has 0 aliphatic rings. The number of ether oxygens (including phenoxy) is 1. The lowest BCUT2D eigenvalue weighted by Crippen LogP contribution is -2.08. The summed E-state index contributed by atoms with van der Waals surface area (Å²) in [6.45, 7) is 2.77. The van der Waals surface area contributed by atoms with Crippen molar-refractivity contribution in [3.63, 3.8) is 0 Å². The van der Waals surface area contributed by atoms with Crippen molar-refractivity contribution >= 4 is 51.0 Å². The fourth-order valence-electron chi connectivity index (χ4n) is 2.73. The molecular weight excluding hydrogens is 321 g/mol. The number of carbonyl (C=O) groups is 1. The van der Waals surface area contributed by atoms with Gasteiger partial charge in [0, 0.05) is 38.4 Å². The van der Waals surface area contributed by atoms with E-state index in [9.17, 15) is 4.79 Å². The van der Waals surface area contributed by atoms with Gasteiger partial charge in [0.05, 0.1) is 13.0 Å². The summed E-state index contributed by atoms with van der Waals surface area (Å²) in [5.74, 6) is -0.194. The Morgan fingerprint density at radius 1 is 1.05 bits per heavy atom. The van der Waals surface area contributed by atoms with Crippen LogP contribution in [-0.4, -0.2) is 17.1 Å². The van der Waals surface area contributed by atoms with E-state index in [2.05, 4.69) is 4.57 Å². The van der Waals surface area contributed by atoms with E-state index in [1.165, 1.54) is 0 Å². The molecule has 5 heteroatoms. The summed E-state index contributed by atoms with van der Waals surface area (Å²) in [4.78, 5) is 11.6. The molecule has 0 saturated carbocycles. The van der Waals surface area contributed by atoms with Crippen molar-refractivity contribution in [1.29, 1.82) is 0 Å². The number of aryl methyl sites for hydroxylation is 1. The van der Waals surface area contributed by atoms with E-state index >= 15 is 0 Å². The average Bonchev–Trinajstić information content (AvgIpc) is 2.78. The molecule has 0 unspecified atom stereocenters. The summed E-state index contributed by atoms with van der Waals surface area (Å²) in [5, 5.41) is 3.43. The number of carbonyl (C=O) groups excluding carboxylic acids is 1. The van der Waals surface area contributed by atoms with Crippen LogP contribution in [0.25, 0.3) is 21.8 Å². The van der Waals surface area contributed by atoms with Gasteiger partial charge in [-0.2, -0.15) is 0 Å². The van der Waals surface area contributed by atoms with E-state index < -0.39 is 0 Å². The Balaban J connectivity index is 2.12. The Labute approximate surface area is 138 Å². The van der Waals surface area contributed by atoms with Crippen molar-refractivity contribution in [2.45, 2.75) is 19.9 Å². The number of aromatic nitrogens is 1. The highest BCUT2D eigenvalue weighted by Gasteiger charge is 2.13. The van der Waals surface area contributed by atoms with Gasteiger partial charge >= 0.3 is 5.97 Å². The van der Waals surface area contributed by atoms with E-state index in [1.807, 2.05) is 43.3 Å². The number of fused-ring (bicyclic) bond motifs is 3. The van der Waals surface area contributed by atoms with Crippen LogP contribution < -0.4 is 0 Å². The summed E-state index contributed by atoms with van der Waals surface area (Å²) >= 11 is 12.2. The van der Waals surface area contributed by atoms with Crippen molar-refractivity contribution in [2.24, 2.45) is 0 Å². The van der Waals surface area contributed by atoms with Gasteiger partial charge in [-0.3, -0.25) is 4.79 Å². The predicted octanol–water partition coefficient (Wildman–Crippen LogP) is 5.05. The SMILES string of the molecule is CCOC(=O)CCn1c2ccc(Cl)cc2c2cc(Cl)ccc21. The Kier molecular flexibility index (Phi) is 4.27. The maximum absolute atomic E-state index is 11.6. The summed E-state index contributed by atoms with van der Waals surface area (Å²) in [6, 6.07) is 11.5. The van der Waals surface area contributed by atoms with Gasteiger partial charge in [0.15, 0.2) is 0 Å². The molecule has 0 aliphatic heterocycles. The molecule has 22 heavy (non-hydrogen) atoms. The maximum atomic E-state index is 11.6. The zero-order chi connectivity index (χ0) is 15.7. The van der Waals surface area contributed by atoms with E-state index in [-0.39, 0.29) is 5.97 Å². The van der Waals surface area contributed by atoms with Crippen LogP contribution in [-0.2, 0) is 16.1 Å². The van der Waals surface area contributed by atoms with Crippen molar-refractivity contribution in [1.82, 2.24) is 4.57 Å². The second-order valence-electron chi connectivity index (χ2n) is 5.03. The Morgan fingerprint density at radius 2 is 1.59 bits per heavy atom. The van der Waals surface area contributed by atoms with Gasteiger partial charge in [0.2, 0.25) is 0 Å². The number of rotatable bonds is 4. The number of nitrogens with zero attached hydrogens (tertiary/aromatic N) is 1. The molecule has 3 aromatic rings. The van der Waals surface area contributed by atoms with Crippen LogP contribution in [0.3, 0.4) is 0 Å². The Bertz CT molecular complexity index is 795. The number of hydrogen-bond acceptors (Lipinski definition) is 2. The minimum absolute atomic E-state index is 0.194. The third-order valence-electron chi connectivity index (χ3n) is 3.63. The van der Waals surface area contributed by atoms with E-state index in [1.54, 1.807) is 0 Å². The molecule has 1 aromatic heterocycles. The fraction of sp³-hybridized carbons (Fsp3) is 0.235. The first-order valence-electron chi connectivity index (χ1n) is 7.13. The molecule has 0 radical (unpaired) electrons. The van der Waals surface area contributed by atoms with Crippen LogP contribution in [0, 0.1) is 0 Å². The first-order valence-corrected chi connectivity index (χ1v) is 7.88. The van der Waals surface area contributed by atoms with Gasteiger partial charge in [0.25, 0.3) is 0 Å². The zero-order valence-corrected chi connectivity index (χ0v) is 13.6. The minimum Gasteiger partial charge on any atom is -0.466 e. The van der Waals surface area contributed by atoms with Crippen LogP contribution in [0.15, 0.2) is 36.4 Å². The molecular formula is C17H15Cl2NO2. The summed E-state index contributed by atoms with van der Waals surface area (Å²) in [6.07, 6.45) is 0.331. The summed E-state index contributed by atoms with van der Waals surface area (Å²) in [5.41, 5.74) is 2.07. The largest absolute Gasteiger partial charge is 0.466 e. The van der Waals surface area contributed by atoms with Gasteiger partial charge < -0.3 is 9.30 Å². The Hall–Kier alpha value is -1.71. The number of esters is 1. The normalized spacial score (nSPS) is 11.2. The molecule has 3 rings (SSSR count). The first-order chi connectivity index (χ1) is 10.6. The molecule has 0 N–H and O–H groups in total. The van der Waals surface area contributed by atoms with Crippen molar-refractivity contribution < 1.29 is 9.53 Å². The van der Waals surface area contributed by atoms with Gasteiger partial charge in [-0.1, -0.05) is 23.2 Å². The van der Waals surface area contributed by atoms with Gasteiger partial charge in [-0.25, -0.2) is 0 Å². The molecule has 2 aromatic carbocycles. The third-order valence-corrected chi connectivity index (χ3v) is 4.10. The number of hydrogen-bond donors (Lipinski definition) is 0. The molecule has 0 spiro atoms.